The fourth-order valence-corrected chi connectivity index (χ4v) is 2.14. The molecule has 0 spiro atoms. The Kier molecular flexibility index (Phi) is 4.63. The van der Waals surface area contributed by atoms with E-state index in [4.69, 9.17) is 15.2 Å². The maximum Gasteiger partial charge on any atom is 0.340 e. The van der Waals surface area contributed by atoms with Gasteiger partial charge in [0.15, 0.2) is 0 Å². The molecule has 0 bridgehead atoms. The topological polar surface area (TPSA) is 77.3 Å². The van der Waals surface area contributed by atoms with Crippen LogP contribution in [0.1, 0.15) is 29.4 Å². The predicted octanol–water partition coefficient (Wildman–Crippen LogP) is 2.38. The number of hydrogen-bond donors (Lipinski definition) is 2. The van der Waals surface area contributed by atoms with Crippen molar-refractivity contribution in [3.8, 4) is 5.75 Å². The van der Waals surface area contributed by atoms with Crippen molar-refractivity contribution in [2.45, 2.75) is 20.3 Å². The number of hydrogen-bond acceptors (Lipinski definition) is 4. The third-order valence-corrected chi connectivity index (χ3v) is 3.05. The van der Waals surface area contributed by atoms with Crippen molar-refractivity contribution in [2.24, 2.45) is 5.73 Å². The van der Waals surface area contributed by atoms with E-state index in [0.29, 0.717) is 25.3 Å². The van der Waals surface area contributed by atoms with Crippen molar-refractivity contribution in [3.63, 3.8) is 0 Å². The molecule has 0 saturated carbocycles. The molecule has 0 unspecified atom stereocenters. The molecule has 0 atom stereocenters. The first-order chi connectivity index (χ1) is 9.67. The summed E-state index contributed by atoms with van der Waals surface area (Å²) >= 11 is 0. The Morgan fingerprint density at radius 3 is 2.90 bits per heavy atom. The number of aromatic amines is 1. The SMILES string of the molecule is CCOC(=O)c1c(C)[nH]c2ccc(OCCCN)cc12. The highest BCUT2D eigenvalue weighted by Gasteiger charge is 2.17. The summed E-state index contributed by atoms with van der Waals surface area (Å²) in [6.07, 6.45) is 0.801. The van der Waals surface area contributed by atoms with Crippen LogP contribution in [0.3, 0.4) is 0 Å². The normalized spacial score (nSPS) is 10.8. The third kappa shape index (κ3) is 2.93. The molecule has 1 aromatic carbocycles. The first-order valence-electron chi connectivity index (χ1n) is 6.79. The van der Waals surface area contributed by atoms with E-state index in [0.717, 1.165) is 28.8 Å². The molecule has 0 saturated heterocycles. The standard InChI is InChI=1S/C15H20N2O3/c1-3-19-15(18)14-10(2)17-13-6-5-11(9-12(13)14)20-8-4-7-16/h5-6,9,17H,3-4,7-8,16H2,1-2H3. The first-order valence-corrected chi connectivity index (χ1v) is 6.79. The van der Waals surface area contributed by atoms with Crippen LogP contribution in [0.25, 0.3) is 10.9 Å². The Labute approximate surface area is 118 Å². The molecule has 20 heavy (non-hydrogen) atoms. The number of aromatic nitrogens is 1. The number of nitrogens with two attached hydrogens (primary N) is 1. The second-order valence-electron chi connectivity index (χ2n) is 4.54. The van der Waals surface area contributed by atoms with Gasteiger partial charge in [-0.25, -0.2) is 4.79 Å². The number of benzene rings is 1. The lowest BCUT2D eigenvalue weighted by Crippen LogP contribution is -2.06. The Morgan fingerprint density at radius 2 is 2.20 bits per heavy atom. The molecule has 1 aromatic heterocycles. The summed E-state index contributed by atoms with van der Waals surface area (Å²) in [5.41, 5.74) is 7.72. The molecule has 2 rings (SSSR count). The van der Waals surface area contributed by atoms with Crippen LogP contribution in [-0.4, -0.2) is 30.7 Å². The Hall–Kier alpha value is -2.01. The maximum atomic E-state index is 12.0. The molecule has 2 aromatic rings. The van der Waals surface area contributed by atoms with Gasteiger partial charge in [-0.15, -0.1) is 0 Å². The molecule has 108 valence electrons. The number of nitrogens with one attached hydrogen (secondary N) is 1. The Balaban J connectivity index is 2.34. The largest absolute Gasteiger partial charge is 0.494 e. The molecule has 0 amide bonds. The second-order valence-corrected chi connectivity index (χ2v) is 4.54. The van der Waals surface area contributed by atoms with Gasteiger partial charge in [-0.3, -0.25) is 0 Å². The number of carbonyl (C=O) groups excluding carboxylic acids is 1. The average molecular weight is 276 g/mol. The lowest BCUT2D eigenvalue weighted by Gasteiger charge is -2.06. The van der Waals surface area contributed by atoms with Crippen LogP contribution >= 0.6 is 0 Å². The van der Waals surface area contributed by atoms with E-state index in [1.54, 1.807) is 6.92 Å². The van der Waals surface area contributed by atoms with Crippen LogP contribution in [-0.2, 0) is 4.74 Å². The maximum absolute atomic E-state index is 12.0. The van der Waals surface area contributed by atoms with Gasteiger partial charge in [-0.1, -0.05) is 0 Å². The lowest BCUT2D eigenvalue weighted by molar-refractivity contribution is 0.0528. The third-order valence-electron chi connectivity index (χ3n) is 3.05. The van der Waals surface area contributed by atoms with E-state index in [9.17, 15) is 4.79 Å². The van der Waals surface area contributed by atoms with Crippen LogP contribution in [0.15, 0.2) is 18.2 Å². The fraction of sp³-hybridized carbons (Fsp3) is 0.400. The van der Waals surface area contributed by atoms with Gasteiger partial charge in [-0.2, -0.15) is 0 Å². The number of esters is 1. The summed E-state index contributed by atoms with van der Waals surface area (Å²) in [6.45, 7) is 5.18. The summed E-state index contributed by atoms with van der Waals surface area (Å²) in [6, 6.07) is 5.65. The number of rotatable bonds is 6. The lowest BCUT2D eigenvalue weighted by atomic mass is 10.1. The highest BCUT2D eigenvalue weighted by Crippen LogP contribution is 2.27. The quantitative estimate of drug-likeness (QED) is 0.627. The molecule has 3 N–H and O–H groups in total. The molecular weight excluding hydrogens is 256 g/mol. The minimum Gasteiger partial charge on any atom is -0.494 e. The number of H-pyrrole nitrogens is 1. The molecule has 0 fully saturated rings. The van der Waals surface area contributed by atoms with Crippen LogP contribution in [0.4, 0.5) is 0 Å². The monoisotopic (exact) mass is 276 g/mol. The summed E-state index contributed by atoms with van der Waals surface area (Å²) in [7, 11) is 0. The zero-order chi connectivity index (χ0) is 14.5. The molecule has 0 radical (unpaired) electrons. The van der Waals surface area contributed by atoms with Gasteiger partial charge < -0.3 is 20.2 Å². The van der Waals surface area contributed by atoms with Crippen molar-refractivity contribution < 1.29 is 14.3 Å². The Bertz CT molecular complexity index is 604. The number of aryl methyl sites for hydroxylation is 1. The van der Waals surface area contributed by atoms with Crippen molar-refractivity contribution in [1.29, 1.82) is 0 Å². The van der Waals surface area contributed by atoms with E-state index in [-0.39, 0.29) is 5.97 Å². The fourth-order valence-electron chi connectivity index (χ4n) is 2.14. The smallest absolute Gasteiger partial charge is 0.340 e. The van der Waals surface area contributed by atoms with E-state index >= 15 is 0 Å². The van der Waals surface area contributed by atoms with Gasteiger partial charge in [-0.05, 0) is 45.0 Å². The van der Waals surface area contributed by atoms with E-state index in [1.807, 2.05) is 25.1 Å². The van der Waals surface area contributed by atoms with Crippen molar-refractivity contribution in [1.82, 2.24) is 4.98 Å². The minimum absolute atomic E-state index is 0.310. The molecule has 5 nitrogen and oxygen atoms in total. The zero-order valence-corrected chi connectivity index (χ0v) is 11.9. The van der Waals surface area contributed by atoms with Crippen LogP contribution in [0.5, 0.6) is 5.75 Å². The molecule has 0 aliphatic carbocycles. The highest BCUT2D eigenvalue weighted by atomic mass is 16.5. The van der Waals surface area contributed by atoms with Crippen LogP contribution in [0, 0.1) is 6.92 Å². The number of fused-ring (bicyclic) bond motifs is 1. The average Bonchev–Trinajstić information content (AvgIpc) is 2.74. The van der Waals surface area contributed by atoms with Crippen molar-refractivity contribution in [3.05, 3.63) is 29.5 Å². The van der Waals surface area contributed by atoms with Crippen LogP contribution in [0.2, 0.25) is 0 Å². The Morgan fingerprint density at radius 1 is 1.40 bits per heavy atom. The molecule has 0 aliphatic heterocycles. The summed E-state index contributed by atoms with van der Waals surface area (Å²) in [5, 5.41) is 0.825. The van der Waals surface area contributed by atoms with Gasteiger partial charge in [0.25, 0.3) is 0 Å². The van der Waals surface area contributed by atoms with Gasteiger partial charge in [0.05, 0.1) is 18.8 Å². The highest BCUT2D eigenvalue weighted by molar-refractivity contribution is 6.05. The summed E-state index contributed by atoms with van der Waals surface area (Å²) in [5.74, 6) is 0.422. The van der Waals surface area contributed by atoms with Gasteiger partial charge in [0, 0.05) is 16.6 Å². The van der Waals surface area contributed by atoms with E-state index in [1.165, 1.54) is 0 Å². The number of ether oxygens (including phenoxy) is 2. The first kappa shape index (κ1) is 14.4. The zero-order valence-electron chi connectivity index (χ0n) is 11.9. The van der Waals surface area contributed by atoms with Crippen molar-refractivity contribution >= 4 is 16.9 Å². The summed E-state index contributed by atoms with van der Waals surface area (Å²) < 4.78 is 10.7. The van der Waals surface area contributed by atoms with Gasteiger partial charge in [0.1, 0.15) is 5.75 Å². The summed E-state index contributed by atoms with van der Waals surface area (Å²) in [4.78, 5) is 15.2. The predicted molar refractivity (Wildman–Crippen MR) is 78.2 cm³/mol. The van der Waals surface area contributed by atoms with Gasteiger partial charge >= 0.3 is 5.97 Å². The molecule has 5 heteroatoms. The van der Waals surface area contributed by atoms with Crippen molar-refractivity contribution in [2.75, 3.05) is 19.8 Å². The van der Waals surface area contributed by atoms with Crippen LogP contribution < -0.4 is 10.5 Å². The van der Waals surface area contributed by atoms with Gasteiger partial charge in [0.2, 0.25) is 0 Å². The molecule has 1 heterocycles. The molecule has 0 aliphatic rings. The second kappa shape index (κ2) is 6.43. The minimum atomic E-state index is -0.310. The number of carbonyl (C=O) groups is 1. The van der Waals surface area contributed by atoms with E-state index < -0.39 is 0 Å². The van der Waals surface area contributed by atoms with E-state index in [2.05, 4.69) is 4.98 Å². The molecular formula is C15H20N2O3.